The van der Waals surface area contributed by atoms with Gasteiger partial charge in [0.05, 0.1) is 11.9 Å². The Hall–Kier alpha value is -1.61. The van der Waals surface area contributed by atoms with Crippen molar-refractivity contribution < 1.29 is 13.2 Å². The Morgan fingerprint density at radius 3 is 2.67 bits per heavy atom. The molecular weight excluding hydrogens is 258 g/mol. The summed E-state index contributed by atoms with van der Waals surface area (Å²) < 4.78 is 26.9. The summed E-state index contributed by atoms with van der Waals surface area (Å²) in [7, 11) is -3.51. The lowest BCUT2D eigenvalue weighted by Gasteiger charge is -2.13. The summed E-state index contributed by atoms with van der Waals surface area (Å²) in [4.78, 5) is 7.80. The average molecular weight is 275 g/mol. The first kappa shape index (κ1) is 14.5. The lowest BCUT2D eigenvalue weighted by atomic mass is 10.4. The summed E-state index contributed by atoms with van der Waals surface area (Å²) in [5.41, 5.74) is 6.02. The first-order valence-corrected chi connectivity index (χ1v) is 7.02. The largest absolute Gasteiger partial charge is 0.473 e. The molecule has 0 saturated heterocycles. The summed E-state index contributed by atoms with van der Waals surface area (Å²) in [5.74, 6) is 0.374. The molecule has 0 radical (unpaired) electrons. The zero-order valence-electron chi connectivity index (χ0n) is 10.3. The van der Waals surface area contributed by atoms with Crippen molar-refractivity contribution in [2.45, 2.75) is 20.0 Å². The second-order valence-electron chi connectivity index (χ2n) is 3.90. The summed E-state index contributed by atoms with van der Waals surface area (Å²) in [5, 5.41) is 7.64. The Kier molecular flexibility index (Phi) is 4.68. The van der Waals surface area contributed by atoms with E-state index < -0.39 is 10.0 Å². The minimum atomic E-state index is -3.51. The third-order valence-electron chi connectivity index (χ3n) is 1.87. The van der Waals surface area contributed by atoms with Crippen molar-refractivity contribution in [3.8, 4) is 5.88 Å². The zero-order valence-corrected chi connectivity index (χ0v) is 11.1. The quantitative estimate of drug-likeness (QED) is 0.640. The molecule has 0 aliphatic rings. The van der Waals surface area contributed by atoms with Gasteiger partial charge < -0.3 is 15.8 Å². The van der Waals surface area contributed by atoms with E-state index in [2.05, 4.69) is 15.3 Å². The molecule has 18 heavy (non-hydrogen) atoms. The number of nitrogen functional groups attached to an aromatic ring is 1. The van der Waals surface area contributed by atoms with Crippen LogP contribution in [0.2, 0.25) is 0 Å². The van der Waals surface area contributed by atoms with Gasteiger partial charge in [-0.1, -0.05) is 0 Å². The molecule has 8 nitrogen and oxygen atoms in total. The molecule has 0 saturated carbocycles. The molecule has 0 spiro atoms. The number of ether oxygens (including phenoxy) is 1. The van der Waals surface area contributed by atoms with E-state index in [1.165, 1.54) is 6.33 Å². The predicted octanol–water partition coefficient (Wildman–Crippen LogP) is -0.454. The Morgan fingerprint density at radius 2 is 2.11 bits per heavy atom. The molecule has 0 bridgehead atoms. The van der Waals surface area contributed by atoms with Crippen molar-refractivity contribution in [1.82, 2.24) is 9.97 Å². The standard InChI is InChI=1S/C9H17N5O3S/c1-6(2)17-9-7(10)8(13-5-14-9)12-3-4-18(11,15)16/h5-6H,3-4,10H2,1-2H3,(H2,11,15,16)(H,12,13,14). The van der Waals surface area contributed by atoms with E-state index in [9.17, 15) is 8.42 Å². The van der Waals surface area contributed by atoms with Gasteiger partial charge in [0.2, 0.25) is 15.9 Å². The van der Waals surface area contributed by atoms with Crippen LogP contribution in [0.5, 0.6) is 5.88 Å². The lowest BCUT2D eigenvalue weighted by molar-refractivity contribution is 0.234. The minimum absolute atomic E-state index is 0.0699. The van der Waals surface area contributed by atoms with Gasteiger partial charge in [0.1, 0.15) is 12.0 Å². The van der Waals surface area contributed by atoms with E-state index >= 15 is 0 Å². The zero-order chi connectivity index (χ0) is 13.8. The molecule has 0 unspecified atom stereocenters. The van der Waals surface area contributed by atoms with E-state index in [0.29, 0.717) is 5.82 Å². The van der Waals surface area contributed by atoms with Gasteiger partial charge in [-0.15, -0.1) is 0 Å². The van der Waals surface area contributed by atoms with Crippen LogP contribution in [0.25, 0.3) is 0 Å². The third-order valence-corrected chi connectivity index (χ3v) is 2.65. The van der Waals surface area contributed by atoms with Gasteiger partial charge in [0, 0.05) is 6.54 Å². The number of hydrogen-bond acceptors (Lipinski definition) is 7. The monoisotopic (exact) mass is 275 g/mol. The fourth-order valence-electron chi connectivity index (χ4n) is 1.15. The summed E-state index contributed by atoms with van der Waals surface area (Å²) >= 11 is 0. The smallest absolute Gasteiger partial charge is 0.242 e. The van der Waals surface area contributed by atoms with Gasteiger partial charge in [-0.25, -0.2) is 18.5 Å². The van der Waals surface area contributed by atoms with Crippen molar-refractivity contribution in [3.63, 3.8) is 0 Å². The normalized spacial score (nSPS) is 11.6. The highest BCUT2D eigenvalue weighted by Crippen LogP contribution is 2.25. The van der Waals surface area contributed by atoms with Crippen LogP contribution in [-0.2, 0) is 10.0 Å². The molecule has 102 valence electrons. The summed E-state index contributed by atoms with van der Waals surface area (Å²) in [6.07, 6.45) is 1.22. The van der Waals surface area contributed by atoms with E-state index in [4.69, 9.17) is 15.6 Å². The maximum absolute atomic E-state index is 10.8. The number of aromatic nitrogens is 2. The van der Waals surface area contributed by atoms with Gasteiger partial charge >= 0.3 is 0 Å². The van der Waals surface area contributed by atoms with Crippen molar-refractivity contribution in [1.29, 1.82) is 0 Å². The third kappa shape index (κ3) is 4.72. The van der Waals surface area contributed by atoms with Gasteiger partial charge in [-0.2, -0.15) is 4.98 Å². The molecule has 0 aliphatic carbocycles. The maximum Gasteiger partial charge on any atom is 0.242 e. The minimum Gasteiger partial charge on any atom is -0.473 e. The topological polar surface area (TPSA) is 133 Å². The number of rotatable bonds is 6. The second kappa shape index (κ2) is 5.83. The summed E-state index contributed by atoms with van der Waals surface area (Å²) in [6.45, 7) is 3.80. The van der Waals surface area contributed by atoms with Crippen LogP contribution in [0.15, 0.2) is 6.33 Å². The molecule has 1 heterocycles. The van der Waals surface area contributed by atoms with E-state index in [0.717, 1.165) is 0 Å². The van der Waals surface area contributed by atoms with Gasteiger partial charge in [0.15, 0.2) is 5.82 Å². The van der Waals surface area contributed by atoms with Crippen molar-refractivity contribution in [2.75, 3.05) is 23.3 Å². The molecule has 1 rings (SSSR count). The maximum atomic E-state index is 10.8. The fourth-order valence-corrected chi connectivity index (χ4v) is 1.54. The van der Waals surface area contributed by atoms with Crippen LogP contribution in [0.3, 0.4) is 0 Å². The van der Waals surface area contributed by atoms with Crippen LogP contribution in [-0.4, -0.2) is 36.8 Å². The molecule has 9 heteroatoms. The molecule has 1 aromatic rings. The molecule has 0 amide bonds. The first-order chi connectivity index (χ1) is 8.29. The number of sulfonamides is 1. The van der Waals surface area contributed by atoms with Crippen LogP contribution < -0.4 is 20.9 Å². The Balaban J connectivity index is 2.72. The van der Waals surface area contributed by atoms with Gasteiger partial charge in [-0.3, -0.25) is 0 Å². The highest BCUT2D eigenvalue weighted by atomic mass is 32.2. The second-order valence-corrected chi connectivity index (χ2v) is 5.64. The number of hydrogen-bond donors (Lipinski definition) is 3. The van der Waals surface area contributed by atoms with E-state index in [1.807, 2.05) is 13.8 Å². The number of nitrogens with one attached hydrogen (secondary N) is 1. The number of nitrogens with two attached hydrogens (primary N) is 2. The van der Waals surface area contributed by atoms with Crippen LogP contribution in [0.4, 0.5) is 11.5 Å². The molecular formula is C9H17N5O3S. The number of anilines is 2. The molecule has 1 aromatic heterocycles. The Morgan fingerprint density at radius 1 is 1.44 bits per heavy atom. The van der Waals surface area contributed by atoms with Gasteiger partial charge in [0.25, 0.3) is 0 Å². The number of primary sulfonamides is 1. The lowest BCUT2D eigenvalue weighted by Crippen LogP contribution is -2.23. The van der Waals surface area contributed by atoms with E-state index in [-0.39, 0.29) is 30.0 Å². The highest BCUT2D eigenvalue weighted by molar-refractivity contribution is 7.89. The molecule has 0 aliphatic heterocycles. The highest BCUT2D eigenvalue weighted by Gasteiger charge is 2.11. The van der Waals surface area contributed by atoms with Gasteiger partial charge in [-0.05, 0) is 13.8 Å². The first-order valence-electron chi connectivity index (χ1n) is 5.31. The molecule has 5 N–H and O–H groups in total. The van der Waals surface area contributed by atoms with Crippen LogP contribution >= 0.6 is 0 Å². The van der Waals surface area contributed by atoms with Crippen molar-refractivity contribution in [2.24, 2.45) is 5.14 Å². The van der Waals surface area contributed by atoms with Crippen molar-refractivity contribution >= 4 is 21.5 Å². The van der Waals surface area contributed by atoms with Crippen molar-refractivity contribution in [3.05, 3.63) is 6.33 Å². The summed E-state index contributed by atoms with van der Waals surface area (Å²) in [6, 6.07) is 0. The number of nitrogens with zero attached hydrogens (tertiary/aromatic N) is 2. The molecule has 0 atom stereocenters. The van der Waals surface area contributed by atoms with Crippen LogP contribution in [0, 0.1) is 0 Å². The molecule has 0 aromatic carbocycles. The molecule has 0 fully saturated rings. The fraction of sp³-hybridized carbons (Fsp3) is 0.556. The average Bonchev–Trinajstić information content (AvgIpc) is 2.21. The van der Waals surface area contributed by atoms with Crippen LogP contribution in [0.1, 0.15) is 13.8 Å². The van der Waals surface area contributed by atoms with E-state index in [1.54, 1.807) is 0 Å². The Bertz CT molecular complexity index is 503. The SMILES string of the molecule is CC(C)Oc1ncnc(NCCS(N)(=O)=O)c1N. The predicted molar refractivity (Wildman–Crippen MR) is 68.7 cm³/mol. The Labute approximate surface area is 106 Å².